The Hall–Kier alpha value is -2.08. The fraction of sp³-hybridized carbons (Fsp3) is 0.143. The normalized spacial score (nSPS) is 11.9. The van der Waals surface area contributed by atoms with Gasteiger partial charge in [0, 0.05) is 10.7 Å². The molecule has 1 heterocycles. The first-order valence-corrected chi connectivity index (χ1v) is 6.57. The van der Waals surface area contributed by atoms with Gasteiger partial charge in [0.1, 0.15) is 5.69 Å². The molecule has 0 bridgehead atoms. The zero-order valence-electron chi connectivity index (χ0n) is 10.6. The molecule has 0 aliphatic rings. The summed E-state index contributed by atoms with van der Waals surface area (Å²) < 4.78 is 6.76. The van der Waals surface area contributed by atoms with Crippen molar-refractivity contribution in [3.8, 4) is 0 Å². The Bertz CT molecular complexity index is 636. The van der Waals surface area contributed by atoms with Crippen molar-refractivity contribution < 1.29 is 19.4 Å². The molecule has 20 heavy (non-hydrogen) atoms. The highest BCUT2D eigenvalue weighted by molar-refractivity contribution is 9.10. The summed E-state index contributed by atoms with van der Waals surface area (Å²) in [6.07, 6.45) is 1.55. The van der Waals surface area contributed by atoms with Gasteiger partial charge in [-0.3, -0.25) is 0 Å². The third-order valence-electron chi connectivity index (χ3n) is 2.85. The highest BCUT2D eigenvalue weighted by atomic mass is 79.9. The lowest BCUT2D eigenvalue weighted by Gasteiger charge is -2.18. The molecule has 0 fully saturated rings. The van der Waals surface area contributed by atoms with Gasteiger partial charge in [0.25, 0.3) is 0 Å². The van der Waals surface area contributed by atoms with Crippen molar-refractivity contribution in [3.63, 3.8) is 0 Å². The Morgan fingerprint density at radius 1 is 1.30 bits per heavy atom. The molecule has 1 atom stereocenters. The van der Waals surface area contributed by atoms with Crippen LogP contribution in [0, 0.1) is 0 Å². The number of aromatic carboxylic acids is 1. The Morgan fingerprint density at radius 2 is 1.95 bits per heavy atom. The standard InChI is InChI=1S/C14H12BrNO4/c1-20-14(19)12(9-5-3-2-4-6-9)16-8-10(15)7-11(16)13(17)18/h2-8,12H,1H3,(H,17,18). The molecule has 1 aromatic heterocycles. The third kappa shape index (κ3) is 2.75. The zero-order valence-corrected chi connectivity index (χ0v) is 12.2. The number of benzene rings is 1. The predicted molar refractivity (Wildman–Crippen MR) is 75.7 cm³/mol. The molecule has 0 saturated carbocycles. The van der Waals surface area contributed by atoms with E-state index >= 15 is 0 Å². The number of esters is 1. The molecule has 0 spiro atoms. The van der Waals surface area contributed by atoms with Gasteiger partial charge in [-0.1, -0.05) is 30.3 Å². The molecule has 0 aliphatic carbocycles. The van der Waals surface area contributed by atoms with Crippen molar-refractivity contribution >= 4 is 27.9 Å². The van der Waals surface area contributed by atoms with E-state index in [1.54, 1.807) is 30.5 Å². The maximum atomic E-state index is 12.0. The van der Waals surface area contributed by atoms with Crippen LogP contribution in [-0.4, -0.2) is 28.7 Å². The summed E-state index contributed by atoms with van der Waals surface area (Å²) in [6, 6.07) is 9.50. The lowest BCUT2D eigenvalue weighted by molar-refractivity contribution is -0.143. The largest absolute Gasteiger partial charge is 0.477 e. The van der Waals surface area contributed by atoms with Gasteiger partial charge in [-0.2, -0.15) is 0 Å². The van der Waals surface area contributed by atoms with Crippen LogP contribution in [0.15, 0.2) is 47.1 Å². The highest BCUT2D eigenvalue weighted by Gasteiger charge is 2.27. The Balaban J connectivity index is 2.58. The zero-order chi connectivity index (χ0) is 14.7. The number of carbonyl (C=O) groups is 2. The molecular weight excluding hydrogens is 326 g/mol. The molecule has 2 aromatic rings. The molecule has 6 heteroatoms. The predicted octanol–water partition coefficient (Wildman–Crippen LogP) is 2.71. The fourth-order valence-electron chi connectivity index (χ4n) is 1.99. The molecule has 5 nitrogen and oxygen atoms in total. The van der Waals surface area contributed by atoms with Gasteiger partial charge in [-0.05, 0) is 27.6 Å². The number of carboxylic acids is 1. The SMILES string of the molecule is COC(=O)C(c1ccccc1)n1cc(Br)cc1C(=O)O. The number of hydrogen-bond acceptors (Lipinski definition) is 3. The average Bonchev–Trinajstić information content (AvgIpc) is 2.82. The van der Waals surface area contributed by atoms with E-state index in [4.69, 9.17) is 4.74 Å². The van der Waals surface area contributed by atoms with Crippen LogP contribution in [0.5, 0.6) is 0 Å². The Morgan fingerprint density at radius 3 is 2.50 bits per heavy atom. The van der Waals surface area contributed by atoms with Crippen molar-refractivity contribution in [2.24, 2.45) is 0 Å². The average molecular weight is 338 g/mol. The van der Waals surface area contributed by atoms with E-state index in [9.17, 15) is 14.7 Å². The summed E-state index contributed by atoms with van der Waals surface area (Å²) in [6.45, 7) is 0. The maximum absolute atomic E-state index is 12.0. The number of nitrogens with zero attached hydrogens (tertiary/aromatic N) is 1. The molecular formula is C14H12BrNO4. The summed E-state index contributed by atoms with van der Waals surface area (Å²) in [4.78, 5) is 23.3. The Labute approximate surface area is 123 Å². The molecule has 1 N–H and O–H groups in total. The summed E-state index contributed by atoms with van der Waals surface area (Å²) in [5.41, 5.74) is 0.668. The van der Waals surface area contributed by atoms with E-state index in [2.05, 4.69) is 15.9 Å². The first kappa shape index (κ1) is 14.3. The summed E-state index contributed by atoms with van der Waals surface area (Å²) in [5.74, 6) is -1.64. The second-order valence-electron chi connectivity index (χ2n) is 4.09. The van der Waals surface area contributed by atoms with Crippen molar-refractivity contribution in [1.82, 2.24) is 4.57 Å². The van der Waals surface area contributed by atoms with Crippen LogP contribution in [0.4, 0.5) is 0 Å². The van der Waals surface area contributed by atoms with Gasteiger partial charge < -0.3 is 14.4 Å². The summed E-state index contributed by atoms with van der Waals surface area (Å²) in [7, 11) is 1.28. The number of methoxy groups -OCH3 is 1. The number of carbonyl (C=O) groups excluding carboxylic acids is 1. The number of aromatic nitrogens is 1. The van der Waals surface area contributed by atoms with Crippen molar-refractivity contribution in [3.05, 3.63) is 58.3 Å². The Kier molecular flexibility index (Phi) is 4.24. The second-order valence-corrected chi connectivity index (χ2v) is 5.01. The molecule has 0 radical (unpaired) electrons. The molecule has 0 aliphatic heterocycles. The topological polar surface area (TPSA) is 68.5 Å². The van der Waals surface area contributed by atoms with Gasteiger partial charge in [-0.15, -0.1) is 0 Å². The van der Waals surface area contributed by atoms with Gasteiger partial charge in [-0.25, -0.2) is 9.59 Å². The maximum Gasteiger partial charge on any atom is 0.352 e. The smallest absolute Gasteiger partial charge is 0.352 e. The first-order valence-electron chi connectivity index (χ1n) is 5.78. The quantitative estimate of drug-likeness (QED) is 0.871. The van der Waals surface area contributed by atoms with Gasteiger partial charge >= 0.3 is 11.9 Å². The van der Waals surface area contributed by atoms with Crippen molar-refractivity contribution in [1.29, 1.82) is 0 Å². The van der Waals surface area contributed by atoms with E-state index in [-0.39, 0.29) is 5.69 Å². The van der Waals surface area contributed by atoms with E-state index in [0.29, 0.717) is 10.0 Å². The first-order chi connectivity index (χ1) is 9.54. The lowest BCUT2D eigenvalue weighted by Crippen LogP contribution is -2.24. The van der Waals surface area contributed by atoms with Crippen LogP contribution in [0.2, 0.25) is 0 Å². The van der Waals surface area contributed by atoms with Gasteiger partial charge in [0.15, 0.2) is 6.04 Å². The van der Waals surface area contributed by atoms with E-state index in [1.807, 2.05) is 6.07 Å². The van der Waals surface area contributed by atoms with Crippen molar-refractivity contribution in [2.75, 3.05) is 7.11 Å². The molecule has 1 aromatic carbocycles. The van der Waals surface area contributed by atoms with Gasteiger partial charge in [0.05, 0.1) is 7.11 Å². The number of rotatable bonds is 4. The van der Waals surface area contributed by atoms with Crippen LogP contribution in [0.3, 0.4) is 0 Å². The summed E-state index contributed by atoms with van der Waals surface area (Å²) in [5, 5.41) is 9.24. The number of carboxylic acid groups (broad SMARTS) is 1. The fourth-order valence-corrected chi connectivity index (χ4v) is 2.43. The van der Waals surface area contributed by atoms with Crippen LogP contribution < -0.4 is 0 Å². The lowest BCUT2D eigenvalue weighted by atomic mass is 10.1. The number of halogens is 1. The number of hydrogen-bond donors (Lipinski definition) is 1. The van der Waals surface area contributed by atoms with Crippen LogP contribution in [0.25, 0.3) is 0 Å². The minimum Gasteiger partial charge on any atom is -0.477 e. The van der Waals surface area contributed by atoms with E-state index in [1.165, 1.54) is 17.7 Å². The van der Waals surface area contributed by atoms with E-state index < -0.39 is 18.0 Å². The highest BCUT2D eigenvalue weighted by Crippen LogP contribution is 2.26. The molecule has 0 saturated heterocycles. The third-order valence-corrected chi connectivity index (χ3v) is 3.29. The number of ether oxygens (including phenoxy) is 1. The minimum absolute atomic E-state index is 0.0103. The molecule has 104 valence electrons. The van der Waals surface area contributed by atoms with E-state index in [0.717, 1.165) is 0 Å². The molecule has 0 amide bonds. The van der Waals surface area contributed by atoms with Crippen LogP contribution in [-0.2, 0) is 9.53 Å². The molecule has 2 rings (SSSR count). The second kappa shape index (κ2) is 5.92. The van der Waals surface area contributed by atoms with Gasteiger partial charge in [0.2, 0.25) is 0 Å². The molecule has 1 unspecified atom stereocenters. The van der Waals surface area contributed by atoms with Crippen molar-refractivity contribution in [2.45, 2.75) is 6.04 Å². The monoisotopic (exact) mass is 337 g/mol. The van der Waals surface area contributed by atoms with Crippen LogP contribution >= 0.6 is 15.9 Å². The van der Waals surface area contributed by atoms with Crippen LogP contribution in [0.1, 0.15) is 22.1 Å². The minimum atomic E-state index is -1.11. The summed E-state index contributed by atoms with van der Waals surface area (Å²) >= 11 is 3.23.